The molecule has 0 spiro atoms. The van der Waals surface area contributed by atoms with Crippen LogP contribution in [-0.4, -0.2) is 26.7 Å². The lowest BCUT2D eigenvalue weighted by Crippen LogP contribution is -2.15. The van der Waals surface area contributed by atoms with Crippen molar-refractivity contribution in [2.24, 2.45) is 5.10 Å². The maximum absolute atomic E-state index is 13.0. The number of para-hydroxylation sites is 2. The van der Waals surface area contributed by atoms with E-state index in [1.807, 2.05) is 36.4 Å². The molecule has 9 nitrogen and oxygen atoms in total. The van der Waals surface area contributed by atoms with E-state index < -0.39 is 14.9 Å². The molecule has 0 aliphatic heterocycles. The van der Waals surface area contributed by atoms with E-state index >= 15 is 0 Å². The number of nitro benzene ring substituents is 1. The highest BCUT2D eigenvalue weighted by atomic mass is 32.2. The Bertz CT molecular complexity index is 1260. The molecule has 0 unspecified atom stereocenters. The first-order valence-electron chi connectivity index (χ1n) is 9.36. The predicted octanol–water partition coefficient (Wildman–Crippen LogP) is 4.52. The molecule has 0 bridgehead atoms. The molecule has 32 heavy (non-hydrogen) atoms. The molecule has 0 atom stereocenters. The molecule has 0 amide bonds. The van der Waals surface area contributed by atoms with E-state index in [9.17, 15) is 18.5 Å². The molecule has 0 heterocycles. The molecule has 0 aliphatic carbocycles. The van der Waals surface area contributed by atoms with Crippen LogP contribution in [0.3, 0.4) is 0 Å². The number of nitro groups is 1. The number of hydrazone groups is 1. The first-order valence-corrected chi connectivity index (χ1v) is 10.8. The highest BCUT2D eigenvalue weighted by Crippen LogP contribution is 2.31. The number of hydrogen-bond donors (Lipinski definition) is 2. The number of allylic oxidation sites excluding steroid dienone is 1. The van der Waals surface area contributed by atoms with Crippen LogP contribution in [0.4, 0.5) is 17.1 Å². The fourth-order valence-electron chi connectivity index (χ4n) is 2.74. The maximum atomic E-state index is 13.0. The van der Waals surface area contributed by atoms with Crippen LogP contribution in [0.1, 0.15) is 5.56 Å². The number of sulfonamides is 1. The van der Waals surface area contributed by atoms with E-state index in [4.69, 9.17) is 4.74 Å². The summed E-state index contributed by atoms with van der Waals surface area (Å²) < 4.78 is 33.7. The highest BCUT2D eigenvalue weighted by Gasteiger charge is 2.23. The van der Waals surface area contributed by atoms with Crippen molar-refractivity contribution in [2.45, 2.75) is 4.90 Å². The van der Waals surface area contributed by atoms with Crippen LogP contribution in [0.2, 0.25) is 0 Å². The fourth-order valence-corrected chi connectivity index (χ4v) is 3.98. The van der Waals surface area contributed by atoms with Crippen molar-refractivity contribution < 1.29 is 18.1 Å². The normalized spacial score (nSPS) is 11.5. The number of non-ortho nitro benzene ring substituents is 1. The highest BCUT2D eigenvalue weighted by molar-refractivity contribution is 7.93. The standard InChI is InChI=1S/C22H20N4O5S/c1-31-21-12-6-5-11-19(21)25-32(29,30)22-16-18(26(27)28)13-14-20(22)24-23-15-7-10-17-8-3-2-4-9-17/h2-16,24-25H,1H3. The van der Waals surface area contributed by atoms with Crippen LogP contribution >= 0.6 is 0 Å². The SMILES string of the molecule is COc1ccccc1NS(=O)(=O)c1cc([N+](=O)[O-])ccc1NN=CC=Cc1ccccc1. The largest absolute Gasteiger partial charge is 0.495 e. The average molecular weight is 452 g/mol. The topological polar surface area (TPSA) is 123 Å². The van der Waals surface area contributed by atoms with Gasteiger partial charge in [0.2, 0.25) is 0 Å². The van der Waals surface area contributed by atoms with Crippen molar-refractivity contribution in [3.63, 3.8) is 0 Å². The number of anilines is 2. The molecule has 0 fully saturated rings. The summed E-state index contributed by atoms with van der Waals surface area (Å²) in [6.07, 6.45) is 4.94. The second kappa shape index (κ2) is 10.2. The van der Waals surface area contributed by atoms with Gasteiger partial charge in [0.05, 0.1) is 23.4 Å². The Hall–Kier alpha value is -4.18. The van der Waals surface area contributed by atoms with Crippen molar-refractivity contribution in [3.05, 3.63) is 94.6 Å². The summed E-state index contributed by atoms with van der Waals surface area (Å²) in [6.45, 7) is 0. The molecule has 10 heteroatoms. The Balaban J connectivity index is 1.88. The van der Waals surface area contributed by atoms with Gasteiger partial charge in [-0.05, 0) is 29.8 Å². The van der Waals surface area contributed by atoms with Gasteiger partial charge in [-0.2, -0.15) is 5.10 Å². The lowest BCUT2D eigenvalue weighted by atomic mass is 10.2. The van der Waals surface area contributed by atoms with E-state index in [-0.39, 0.29) is 22.0 Å². The van der Waals surface area contributed by atoms with E-state index in [0.29, 0.717) is 5.75 Å². The summed E-state index contributed by atoms with van der Waals surface area (Å²) in [7, 11) is -2.80. The third-order valence-electron chi connectivity index (χ3n) is 4.25. The number of methoxy groups -OCH3 is 1. The van der Waals surface area contributed by atoms with Gasteiger partial charge in [0.25, 0.3) is 15.7 Å². The third kappa shape index (κ3) is 5.70. The van der Waals surface area contributed by atoms with Crippen molar-refractivity contribution in [3.8, 4) is 5.75 Å². The minimum absolute atomic E-state index is 0.0716. The molecule has 0 radical (unpaired) electrons. The van der Waals surface area contributed by atoms with Gasteiger partial charge in [0.1, 0.15) is 10.6 Å². The molecule has 2 N–H and O–H groups in total. The van der Waals surface area contributed by atoms with Crippen LogP contribution in [0, 0.1) is 10.1 Å². The number of ether oxygens (including phenoxy) is 1. The minimum atomic E-state index is -4.21. The van der Waals surface area contributed by atoms with Gasteiger partial charge in [0.15, 0.2) is 0 Å². The van der Waals surface area contributed by atoms with Gasteiger partial charge in [0, 0.05) is 18.3 Å². The number of rotatable bonds is 9. The second-order valence-electron chi connectivity index (χ2n) is 6.40. The Morgan fingerprint density at radius 1 is 1.00 bits per heavy atom. The predicted molar refractivity (Wildman–Crippen MR) is 124 cm³/mol. The summed E-state index contributed by atoms with van der Waals surface area (Å²) >= 11 is 0. The van der Waals surface area contributed by atoms with Gasteiger partial charge in [-0.3, -0.25) is 20.3 Å². The molecule has 3 aromatic carbocycles. The smallest absolute Gasteiger partial charge is 0.270 e. The Kier molecular flexibility index (Phi) is 7.19. The number of benzene rings is 3. The molecule has 0 aromatic heterocycles. The Morgan fingerprint density at radius 2 is 1.72 bits per heavy atom. The van der Waals surface area contributed by atoms with E-state index in [1.54, 1.807) is 24.3 Å². The lowest BCUT2D eigenvalue weighted by molar-refractivity contribution is -0.385. The summed E-state index contributed by atoms with van der Waals surface area (Å²) in [6, 6.07) is 19.4. The summed E-state index contributed by atoms with van der Waals surface area (Å²) in [5.41, 5.74) is 3.50. The lowest BCUT2D eigenvalue weighted by Gasteiger charge is -2.14. The first-order chi connectivity index (χ1) is 15.4. The Morgan fingerprint density at radius 3 is 2.44 bits per heavy atom. The quantitative estimate of drug-likeness (QED) is 0.280. The molecular formula is C22H20N4O5S. The minimum Gasteiger partial charge on any atom is -0.495 e. The van der Waals surface area contributed by atoms with Crippen molar-refractivity contribution in [1.29, 1.82) is 0 Å². The first kappa shape index (κ1) is 22.5. The van der Waals surface area contributed by atoms with Gasteiger partial charge >= 0.3 is 0 Å². The van der Waals surface area contributed by atoms with Gasteiger partial charge < -0.3 is 4.74 Å². The van der Waals surface area contributed by atoms with Crippen LogP contribution in [0.15, 0.2) is 88.9 Å². The maximum Gasteiger partial charge on any atom is 0.270 e. The fraction of sp³-hybridized carbons (Fsp3) is 0.0455. The zero-order chi connectivity index (χ0) is 23.0. The Labute approximate surface area is 185 Å². The second-order valence-corrected chi connectivity index (χ2v) is 8.05. The van der Waals surface area contributed by atoms with Crippen LogP contribution in [0.5, 0.6) is 5.75 Å². The van der Waals surface area contributed by atoms with Crippen molar-refractivity contribution >= 4 is 39.4 Å². The van der Waals surface area contributed by atoms with Crippen molar-refractivity contribution in [2.75, 3.05) is 17.3 Å². The number of nitrogens with zero attached hydrogens (tertiary/aromatic N) is 2. The van der Waals surface area contributed by atoms with E-state index in [2.05, 4.69) is 15.2 Å². The summed E-state index contributed by atoms with van der Waals surface area (Å²) in [5, 5.41) is 15.2. The molecule has 3 rings (SSSR count). The monoisotopic (exact) mass is 452 g/mol. The summed E-state index contributed by atoms with van der Waals surface area (Å²) in [4.78, 5) is 10.2. The zero-order valence-electron chi connectivity index (χ0n) is 17.0. The number of hydrogen-bond acceptors (Lipinski definition) is 7. The van der Waals surface area contributed by atoms with Crippen LogP contribution in [-0.2, 0) is 10.0 Å². The molecule has 3 aromatic rings. The molecular weight excluding hydrogens is 432 g/mol. The number of nitrogens with one attached hydrogen (secondary N) is 2. The van der Waals surface area contributed by atoms with Gasteiger partial charge in [-0.1, -0.05) is 48.5 Å². The zero-order valence-corrected chi connectivity index (χ0v) is 17.8. The molecule has 164 valence electrons. The molecule has 0 saturated heterocycles. The van der Waals surface area contributed by atoms with E-state index in [1.165, 1.54) is 31.5 Å². The molecule has 0 aliphatic rings. The van der Waals surface area contributed by atoms with E-state index in [0.717, 1.165) is 11.6 Å². The van der Waals surface area contributed by atoms with Gasteiger partial charge in [-0.15, -0.1) is 0 Å². The van der Waals surface area contributed by atoms with Crippen LogP contribution < -0.4 is 14.9 Å². The third-order valence-corrected chi connectivity index (χ3v) is 5.66. The summed E-state index contributed by atoms with van der Waals surface area (Å²) in [5.74, 6) is 0.306. The van der Waals surface area contributed by atoms with Crippen molar-refractivity contribution in [1.82, 2.24) is 0 Å². The average Bonchev–Trinajstić information content (AvgIpc) is 2.79. The molecule has 0 saturated carbocycles. The van der Waals surface area contributed by atoms with Crippen LogP contribution in [0.25, 0.3) is 6.08 Å². The van der Waals surface area contributed by atoms with Gasteiger partial charge in [-0.25, -0.2) is 8.42 Å².